The van der Waals surface area contributed by atoms with Crippen LogP contribution >= 0.6 is 34.9 Å². The minimum absolute atomic E-state index is 0.223. The largest absolute Gasteiger partial charge is 0.301 e. The molecular formula is C13H11F3N2S3. The van der Waals surface area contributed by atoms with E-state index in [0.717, 1.165) is 10.1 Å². The van der Waals surface area contributed by atoms with E-state index < -0.39 is 11.9 Å². The van der Waals surface area contributed by atoms with E-state index in [2.05, 4.69) is 10.2 Å². The van der Waals surface area contributed by atoms with Crippen LogP contribution in [-0.2, 0) is 5.75 Å². The van der Waals surface area contributed by atoms with Crippen molar-refractivity contribution in [2.24, 2.45) is 0 Å². The Labute approximate surface area is 132 Å². The van der Waals surface area contributed by atoms with E-state index in [1.165, 1.54) is 28.7 Å². The van der Waals surface area contributed by atoms with E-state index >= 15 is 0 Å². The predicted molar refractivity (Wildman–Crippen MR) is 81.6 cm³/mol. The van der Waals surface area contributed by atoms with Crippen LogP contribution in [0.25, 0.3) is 0 Å². The van der Waals surface area contributed by atoms with Gasteiger partial charge in [0.05, 0.1) is 0 Å². The molecule has 0 N–H and O–H groups in total. The molecule has 8 heteroatoms. The van der Waals surface area contributed by atoms with Gasteiger partial charge in [-0.05, 0) is 5.56 Å². The summed E-state index contributed by atoms with van der Waals surface area (Å²) < 4.78 is 37.9. The summed E-state index contributed by atoms with van der Waals surface area (Å²) in [4.78, 5) is 0. The Morgan fingerprint density at radius 1 is 1.00 bits per heavy atom. The molecule has 112 valence electrons. The Bertz CT molecular complexity index is 598. The molecule has 2 nitrogen and oxygen atoms in total. The molecule has 2 aromatic rings. The summed E-state index contributed by atoms with van der Waals surface area (Å²) in [6, 6.07) is 9.98. The SMILES string of the molecule is FC(F)=C(F)CCSc1nnc(SCc2ccccc2)s1. The van der Waals surface area contributed by atoms with Gasteiger partial charge in [-0.25, -0.2) is 4.39 Å². The molecule has 0 saturated heterocycles. The van der Waals surface area contributed by atoms with Gasteiger partial charge < -0.3 is 0 Å². The van der Waals surface area contributed by atoms with Gasteiger partial charge in [0, 0.05) is 17.9 Å². The zero-order chi connectivity index (χ0) is 15.1. The van der Waals surface area contributed by atoms with E-state index in [9.17, 15) is 13.2 Å². The van der Waals surface area contributed by atoms with Gasteiger partial charge in [0.25, 0.3) is 0 Å². The predicted octanol–water partition coefficient (Wildman–Crippen LogP) is 5.39. The molecule has 0 fully saturated rings. The summed E-state index contributed by atoms with van der Waals surface area (Å²) in [5.41, 5.74) is 1.19. The highest BCUT2D eigenvalue weighted by atomic mass is 32.2. The Kier molecular flexibility index (Phi) is 6.59. The summed E-state index contributed by atoms with van der Waals surface area (Å²) in [7, 11) is 0. The van der Waals surface area contributed by atoms with Crippen molar-refractivity contribution in [1.82, 2.24) is 10.2 Å². The summed E-state index contributed by atoms with van der Waals surface area (Å²) >= 11 is 4.19. The first-order valence-corrected chi connectivity index (χ1v) is 8.76. The Morgan fingerprint density at radius 2 is 1.67 bits per heavy atom. The molecule has 0 bridgehead atoms. The molecule has 1 heterocycles. The molecular weight excluding hydrogens is 337 g/mol. The smallest absolute Gasteiger partial charge is 0.206 e. The summed E-state index contributed by atoms with van der Waals surface area (Å²) in [6.45, 7) is 0. The van der Waals surface area contributed by atoms with Gasteiger partial charge in [-0.2, -0.15) is 8.78 Å². The van der Waals surface area contributed by atoms with Crippen LogP contribution in [0.5, 0.6) is 0 Å². The molecule has 0 radical (unpaired) electrons. The highest BCUT2D eigenvalue weighted by Gasteiger charge is 2.08. The number of benzene rings is 1. The van der Waals surface area contributed by atoms with Crippen LogP contribution in [0, 0.1) is 0 Å². The lowest BCUT2D eigenvalue weighted by molar-refractivity contribution is 0.373. The van der Waals surface area contributed by atoms with Gasteiger partial charge in [-0.3, -0.25) is 0 Å². The molecule has 0 unspecified atom stereocenters. The Hall–Kier alpha value is -0.990. The fourth-order valence-electron chi connectivity index (χ4n) is 1.36. The van der Waals surface area contributed by atoms with Crippen molar-refractivity contribution in [3.8, 4) is 0 Å². The van der Waals surface area contributed by atoms with Gasteiger partial charge in [0.1, 0.15) is 0 Å². The fourth-order valence-corrected chi connectivity index (χ4v) is 4.33. The second-order valence-corrected chi connectivity index (χ2v) is 7.41. The van der Waals surface area contributed by atoms with Gasteiger partial charge in [-0.1, -0.05) is 65.2 Å². The molecule has 0 aliphatic rings. The van der Waals surface area contributed by atoms with Crippen LogP contribution in [-0.4, -0.2) is 16.0 Å². The third-order valence-corrected chi connectivity index (χ3v) is 5.61. The lowest BCUT2D eigenvalue weighted by Crippen LogP contribution is -1.82. The normalized spacial score (nSPS) is 10.6. The van der Waals surface area contributed by atoms with E-state index in [4.69, 9.17) is 0 Å². The quantitative estimate of drug-likeness (QED) is 0.627. The summed E-state index contributed by atoms with van der Waals surface area (Å²) in [5, 5.41) is 7.98. The van der Waals surface area contributed by atoms with Crippen molar-refractivity contribution in [3.63, 3.8) is 0 Å². The maximum Gasteiger partial charge on any atom is 0.301 e. The number of hydrogen-bond donors (Lipinski definition) is 0. The van der Waals surface area contributed by atoms with Crippen molar-refractivity contribution >= 4 is 34.9 Å². The second-order valence-electron chi connectivity index (χ2n) is 3.87. The number of allylic oxidation sites excluding steroid dienone is 1. The maximum absolute atomic E-state index is 12.6. The van der Waals surface area contributed by atoms with Crippen molar-refractivity contribution in [1.29, 1.82) is 0 Å². The number of aromatic nitrogens is 2. The van der Waals surface area contributed by atoms with Crippen molar-refractivity contribution in [2.45, 2.75) is 20.9 Å². The van der Waals surface area contributed by atoms with Crippen LogP contribution in [0.2, 0.25) is 0 Å². The molecule has 2 rings (SSSR count). The molecule has 1 aromatic heterocycles. The van der Waals surface area contributed by atoms with E-state index in [1.807, 2.05) is 30.3 Å². The number of hydrogen-bond acceptors (Lipinski definition) is 5. The topological polar surface area (TPSA) is 25.8 Å². The molecule has 0 aliphatic heterocycles. The minimum atomic E-state index is -2.24. The average Bonchev–Trinajstić information content (AvgIpc) is 2.94. The van der Waals surface area contributed by atoms with Crippen molar-refractivity contribution < 1.29 is 13.2 Å². The zero-order valence-corrected chi connectivity index (χ0v) is 13.2. The number of rotatable bonds is 7. The molecule has 0 saturated carbocycles. The van der Waals surface area contributed by atoms with Crippen LogP contribution < -0.4 is 0 Å². The van der Waals surface area contributed by atoms with Crippen molar-refractivity contribution in [2.75, 3.05) is 5.75 Å². The van der Waals surface area contributed by atoms with Crippen LogP contribution in [0.15, 0.2) is 50.9 Å². The molecule has 1 aromatic carbocycles. The maximum atomic E-state index is 12.6. The Balaban J connectivity index is 1.78. The third-order valence-electron chi connectivity index (χ3n) is 2.35. The average molecular weight is 348 g/mol. The minimum Gasteiger partial charge on any atom is -0.206 e. The Morgan fingerprint density at radius 3 is 2.33 bits per heavy atom. The standard InChI is InChI=1S/C13H11F3N2S3/c14-10(11(15)16)6-7-19-12-17-18-13(21-12)20-8-9-4-2-1-3-5-9/h1-5H,6-8H2. The van der Waals surface area contributed by atoms with Gasteiger partial charge >= 0.3 is 6.08 Å². The highest BCUT2D eigenvalue weighted by molar-refractivity contribution is 8.02. The van der Waals surface area contributed by atoms with Gasteiger partial charge in [0.15, 0.2) is 14.5 Å². The summed E-state index contributed by atoms with van der Waals surface area (Å²) in [6.07, 6.45) is -2.54. The molecule has 0 aliphatic carbocycles. The molecule has 0 amide bonds. The number of halogens is 3. The monoisotopic (exact) mass is 348 g/mol. The lowest BCUT2D eigenvalue weighted by Gasteiger charge is -1.96. The zero-order valence-electron chi connectivity index (χ0n) is 10.8. The highest BCUT2D eigenvalue weighted by Crippen LogP contribution is 2.31. The van der Waals surface area contributed by atoms with Gasteiger partial charge in [-0.15, -0.1) is 10.2 Å². The first kappa shape index (κ1) is 16.4. The van der Waals surface area contributed by atoms with Crippen molar-refractivity contribution in [3.05, 3.63) is 47.8 Å². The van der Waals surface area contributed by atoms with Crippen LogP contribution in [0.1, 0.15) is 12.0 Å². The first-order valence-electron chi connectivity index (χ1n) is 5.98. The lowest BCUT2D eigenvalue weighted by atomic mass is 10.2. The van der Waals surface area contributed by atoms with E-state index in [-0.39, 0.29) is 12.2 Å². The van der Waals surface area contributed by atoms with Gasteiger partial charge in [0.2, 0.25) is 0 Å². The first-order chi connectivity index (χ1) is 10.1. The number of thioether (sulfide) groups is 2. The second kappa shape index (κ2) is 8.45. The van der Waals surface area contributed by atoms with E-state index in [0.29, 0.717) is 4.34 Å². The fraction of sp³-hybridized carbons (Fsp3) is 0.231. The molecule has 0 atom stereocenters. The van der Waals surface area contributed by atoms with Crippen LogP contribution in [0.3, 0.4) is 0 Å². The summed E-state index contributed by atoms with van der Waals surface area (Å²) in [5.74, 6) is -0.336. The van der Waals surface area contributed by atoms with E-state index in [1.54, 1.807) is 11.8 Å². The molecule has 0 spiro atoms. The number of nitrogens with zero attached hydrogens (tertiary/aromatic N) is 2. The third kappa shape index (κ3) is 5.72. The molecule has 21 heavy (non-hydrogen) atoms. The van der Waals surface area contributed by atoms with Crippen LogP contribution in [0.4, 0.5) is 13.2 Å².